The van der Waals surface area contributed by atoms with Gasteiger partial charge in [0.05, 0.1) is 6.42 Å². The van der Waals surface area contributed by atoms with Crippen molar-refractivity contribution in [3.63, 3.8) is 0 Å². The van der Waals surface area contributed by atoms with E-state index >= 15 is 0 Å². The highest BCUT2D eigenvalue weighted by Gasteiger charge is 2.45. The van der Waals surface area contributed by atoms with Crippen molar-refractivity contribution in [3.05, 3.63) is 25.3 Å². The highest BCUT2D eigenvalue weighted by molar-refractivity contribution is 5.81. The van der Waals surface area contributed by atoms with E-state index < -0.39 is 43.4 Å². The van der Waals surface area contributed by atoms with Crippen LogP contribution in [0.3, 0.4) is 0 Å². The summed E-state index contributed by atoms with van der Waals surface area (Å²) in [5.41, 5.74) is 0. The third-order valence-corrected chi connectivity index (χ3v) is 1.70. The van der Waals surface area contributed by atoms with E-state index in [0.29, 0.717) is 12.2 Å². The molecule has 0 heterocycles. The molecule has 0 amide bonds. The van der Waals surface area contributed by atoms with Crippen LogP contribution in [-0.2, 0) is 19.1 Å². The van der Waals surface area contributed by atoms with Crippen molar-refractivity contribution in [2.45, 2.75) is 18.3 Å². The van der Waals surface area contributed by atoms with Crippen molar-refractivity contribution in [1.82, 2.24) is 0 Å². The molecule has 0 atom stereocenters. The van der Waals surface area contributed by atoms with Gasteiger partial charge in [-0.2, -0.15) is 0 Å². The summed E-state index contributed by atoms with van der Waals surface area (Å²) in [7, 11) is 0. The molecule has 0 bridgehead atoms. The maximum Gasteiger partial charge on any atom is 0.330 e. The van der Waals surface area contributed by atoms with Crippen LogP contribution in [0.25, 0.3) is 0 Å². The highest BCUT2D eigenvalue weighted by atomic mass is 19.3. The summed E-state index contributed by atoms with van der Waals surface area (Å²) >= 11 is 0. The van der Waals surface area contributed by atoms with Crippen LogP contribution in [0.2, 0.25) is 0 Å². The van der Waals surface area contributed by atoms with Gasteiger partial charge < -0.3 is 9.47 Å². The number of carbonyl (C=O) groups is 2. The third-order valence-electron chi connectivity index (χ3n) is 1.70. The Morgan fingerprint density at radius 3 is 1.47 bits per heavy atom. The van der Waals surface area contributed by atoms with Gasteiger partial charge in [0, 0.05) is 12.2 Å². The number of esters is 2. The number of ether oxygens (including phenoxy) is 2. The Bertz CT molecular complexity index is 332. The Balaban J connectivity index is 4.36. The van der Waals surface area contributed by atoms with Gasteiger partial charge in [-0.05, 0) is 0 Å². The third kappa shape index (κ3) is 7.96. The minimum Gasteiger partial charge on any atom is -0.456 e. The first-order valence-electron chi connectivity index (χ1n) is 4.96. The summed E-state index contributed by atoms with van der Waals surface area (Å²) in [6.07, 6.45) is -0.672. The lowest BCUT2D eigenvalue weighted by Gasteiger charge is -2.22. The van der Waals surface area contributed by atoms with Crippen LogP contribution in [0.1, 0.15) is 6.42 Å². The zero-order chi connectivity index (χ0) is 15.1. The van der Waals surface area contributed by atoms with E-state index in [9.17, 15) is 27.2 Å². The van der Waals surface area contributed by atoms with E-state index in [-0.39, 0.29) is 0 Å². The van der Waals surface area contributed by atoms with E-state index in [1.165, 1.54) is 0 Å². The van der Waals surface area contributed by atoms with E-state index in [2.05, 4.69) is 22.6 Å². The first kappa shape index (κ1) is 17.1. The van der Waals surface area contributed by atoms with Gasteiger partial charge in [0.1, 0.15) is 0 Å². The van der Waals surface area contributed by atoms with Gasteiger partial charge in [-0.3, -0.25) is 0 Å². The van der Waals surface area contributed by atoms with Crippen LogP contribution in [0.15, 0.2) is 25.3 Å². The summed E-state index contributed by atoms with van der Waals surface area (Å²) in [6.45, 7) is 2.90. The highest BCUT2D eigenvalue weighted by Crippen LogP contribution is 2.31. The van der Waals surface area contributed by atoms with Crippen molar-refractivity contribution in [3.8, 4) is 0 Å². The fourth-order valence-electron chi connectivity index (χ4n) is 0.952. The van der Waals surface area contributed by atoms with Gasteiger partial charge in [-0.15, -0.1) is 0 Å². The average molecular weight is 284 g/mol. The van der Waals surface area contributed by atoms with Crippen molar-refractivity contribution < 1.29 is 36.6 Å². The van der Waals surface area contributed by atoms with Crippen molar-refractivity contribution >= 4 is 11.9 Å². The molecule has 0 saturated carbocycles. The molecule has 8 heteroatoms. The Morgan fingerprint density at radius 2 is 1.21 bits per heavy atom. The number of hydrogen-bond donors (Lipinski definition) is 0. The zero-order valence-electron chi connectivity index (χ0n) is 9.84. The first-order chi connectivity index (χ1) is 8.62. The monoisotopic (exact) mass is 284 g/mol. The topological polar surface area (TPSA) is 52.6 Å². The van der Waals surface area contributed by atoms with Gasteiger partial charge in [-0.1, -0.05) is 13.2 Å². The standard InChI is InChI=1S/C11H12F4O4/c1-3-8(16)18-6-10(12,13)5-11(14,15)7-19-9(17)4-2/h3-4H,1-2,5-7H2. The lowest BCUT2D eigenvalue weighted by atomic mass is 10.1. The molecule has 0 aliphatic rings. The molecule has 0 aliphatic heterocycles. The minimum atomic E-state index is -3.96. The molecular formula is C11H12F4O4. The molecule has 0 unspecified atom stereocenters. The second-order valence-corrected chi connectivity index (χ2v) is 3.51. The number of hydrogen-bond acceptors (Lipinski definition) is 4. The lowest BCUT2D eigenvalue weighted by molar-refractivity contribution is -0.177. The fourth-order valence-corrected chi connectivity index (χ4v) is 0.952. The summed E-state index contributed by atoms with van der Waals surface area (Å²) in [5.74, 6) is -10.2. The van der Waals surface area contributed by atoms with Crippen molar-refractivity contribution in [2.24, 2.45) is 0 Å². The molecule has 4 nitrogen and oxygen atoms in total. The summed E-state index contributed by atoms with van der Waals surface area (Å²) in [6, 6.07) is 0. The maximum absolute atomic E-state index is 13.1. The van der Waals surface area contributed by atoms with Crippen molar-refractivity contribution in [2.75, 3.05) is 13.2 Å². The molecule has 0 radical (unpaired) electrons. The Hall–Kier alpha value is -1.86. The molecule has 108 valence electrons. The number of halogens is 4. The van der Waals surface area contributed by atoms with E-state index in [0.717, 1.165) is 0 Å². The SMILES string of the molecule is C=CC(=O)OCC(F)(F)CC(F)(F)COC(=O)C=C. The van der Waals surface area contributed by atoms with Crippen molar-refractivity contribution in [1.29, 1.82) is 0 Å². The quantitative estimate of drug-likeness (QED) is 0.389. The smallest absolute Gasteiger partial charge is 0.330 e. The fraction of sp³-hybridized carbons (Fsp3) is 0.455. The first-order valence-corrected chi connectivity index (χ1v) is 4.96. The number of alkyl halides is 4. The molecule has 0 aromatic heterocycles. The van der Waals surface area contributed by atoms with E-state index in [1.807, 2.05) is 0 Å². The number of rotatable bonds is 8. The van der Waals surface area contributed by atoms with Gasteiger partial charge in [0.15, 0.2) is 13.2 Å². The molecule has 0 spiro atoms. The second-order valence-electron chi connectivity index (χ2n) is 3.51. The molecule has 0 N–H and O–H groups in total. The lowest BCUT2D eigenvalue weighted by Crippen LogP contribution is -2.37. The molecule has 0 rings (SSSR count). The molecule has 0 aromatic rings. The minimum absolute atomic E-state index is 0.625. The summed E-state index contributed by atoms with van der Waals surface area (Å²) in [4.78, 5) is 21.1. The molecule has 0 saturated heterocycles. The van der Waals surface area contributed by atoms with Crippen LogP contribution >= 0.6 is 0 Å². The number of carbonyl (C=O) groups excluding carboxylic acids is 2. The average Bonchev–Trinajstić information content (AvgIpc) is 2.31. The van der Waals surface area contributed by atoms with Crippen LogP contribution in [0, 0.1) is 0 Å². The molecular weight excluding hydrogens is 272 g/mol. The molecule has 0 fully saturated rings. The Kier molecular flexibility index (Phi) is 6.23. The normalized spacial score (nSPS) is 11.6. The van der Waals surface area contributed by atoms with Crippen LogP contribution in [-0.4, -0.2) is 37.0 Å². The summed E-state index contributed by atoms with van der Waals surface area (Å²) in [5, 5.41) is 0. The zero-order valence-corrected chi connectivity index (χ0v) is 9.84. The maximum atomic E-state index is 13.1. The molecule has 0 aromatic carbocycles. The predicted octanol–water partition coefficient (Wildman–Crippen LogP) is 2.11. The van der Waals surface area contributed by atoms with Crippen LogP contribution in [0.4, 0.5) is 17.6 Å². The molecule has 0 aliphatic carbocycles. The second kappa shape index (κ2) is 6.91. The predicted molar refractivity (Wildman–Crippen MR) is 56.8 cm³/mol. The van der Waals surface area contributed by atoms with Crippen LogP contribution < -0.4 is 0 Å². The summed E-state index contributed by atoms with van der Waals surface area (Å²) < 4.78 is 60.2. The Morgan fingerprint density at radius 1 is 0.895 bits per heavy atom. The molecule has 19 heavy (non-hydrogen) atoms. The van der Waals surface area contributed by atoms with E-state index in [4.69, 9.17) is 0 Å². The van der Waals surface area contributed by atoms with Gasteiger partial charge in [0.2, 0.25) is 0 Å². The van der Waals surface area contributed by atoms with E-state index in [1.54, 1.807) is 0 Å². The van der Waals surface area contributed by atoms with Gasteiger partial charge in [0.25, 0.3) is 11.8 Å². The van der Waals surface area contributed by atoms with Gasteiger partial charge in [-0.25, -0.2) is 27.2 Å². The van der Waals surface area contributed by atoms with Gasteiger partial charge >= 0.3 is 11.9 Å². The van der Waals surface area contributed by atoms with Crippen LogP contribution in [0.5, 0.6) is 0 Å². The largest absolute Gasteiger partial charge is 0.456 e. The Labute approximate surface area is 106 Å².